The molecule has 0 aromatic carbocycles. The molecule has 0 N–H and O–H groups in total. The number of thiocarbonyl (C=S) groups is 1. The molecule has 1 saturated carbocycles. The molecule has 0 heterocycles. The van der Waals surface area contributed by atoms with Crippen LogP contribution in [0, 0.1) is 11.3 Å². The lowest BCUT2D eigenvalue weighted by Crippen LogP contribution is -2.16. The second-order valence-corrected chi connectivity index (χ2v) is 6.38. The predicted octanol–water partition coefficient (Wildman–Crippen LogP) is 3.53. The van der Waals surface area contributed by atoms with Gasteiger partial charge in [-0.25, -0.2) is 0 Å². The summed E-state index contributed by atoms with van der Waals surface area (Å²) in [5.74, 6) is 0.371. The summed E-state index contributed by atoms with van der Waals surface area (Å²) in [5, 5.41) is 0. The third-order valence-corrected chi connectivity index (χ3v) is 2.98. The molecule has 0 amide bonds. The van der Waals surface area contributed by atoms with Crippen LogP contribution in [0.25, 0.3) is 0 Å². The molecule has 1 atom stereocenters. The molecule has 1 unspecified atom stereocenters. The molecule has 0 aliphatic heterocycles. The van der Waals surface area contributed by atoms with E-state index >= 15 is 0 Å². The average Bonchev–Trinajstić information content (AvgIpc) is 2.46. The number of nitrogens with zero attached hydrogens (tertiary/aromatic N) is 1. The fourth-order valence-electron chi connectivity index (χ4n) is 1.62. The van der Waals surface area contributed by atoms with Crippen molar-refractivity contribution in [2.75, 3.05) is 6.54 Å². The molecule has 0 bridgehead atoms. The Kier molecular flexibility index (Phi) is 4.14. The number of rotatable bonds is 2. The smallest absolute Gasteiger partial charge is 0.0535 e. The normalized spacial score (nSPS) is 25.7. The quantitative estimate of drug-likeness (QED) is 0.564. The van der Waals surface area contributed by atoms with Crippen LogP contribution in [0.3, 0.4) is 0 Å². The lowest BCUT2D eigenvalue weighted by atomic mass is 9.97. The largest absolute Gasteiger partial charge is 0.293 e. The Bertz CT molecular complexity index is 251. The maximum atomic E-state index is 5.12. The highest BCUT2D eigenvalue weighted by Gasteiger charge is 2.24. The van der Waals surface area contributed by atoms with Crippen molar-refractivity contribution < 1.29 is 0 Å². The molecule has 14 heavy (non-hydrogen) atoms. The minimum absolute atomic E-state index is 0.276. The second-order valence-electron chi connectivity index (χ2n) is 5.15. The zero-order valence-corrected chi connectivity index (χ0v) is 10.9. The van der Waals surface area contributed by atoms with Crippen molar-refractivity contribution in [2.45, 2.75) is 40.0 Å². The molecule has 0 spiro atoms. The van der Waals surface area contributed by atoms with Crippen LogP contribution >= 0.6 is 24.8 Å². The van der Waals surface area contributed by atoms with Gasteiger partial charge in [-0.3, -0.25) is 4.99 Å². The van der Waals surface area contributed by atoms with Crippen molar-refractivity contribution in [1.29, 1.82) is 0 Å². The Labute approximate surface area is 97.8 Å². The third kappa shape index (κ3) is 3.70. The number of hydrogen-bond donors (Lipinski definition) is 1. The van der Waals surface area contributed by atoms with Gasteiger partial charge in [-0.1, -0.05) is 33.0 Å². The van der Waals surface area contributed by atoms with E-state index in [2.05, 4.69) is 38.4 Å². The van der Waals surface area contributed by atoms with Crippen molar-refractivity contribution in [1.82, 2.24) is 0 Å². The van der Waals surface area contributed by atoms with E-state index in [1.54, 1.807) is 0 Å². The summed E-state index contributed by atoms with van der Waals surface area (Å²) in [5.41, 5.74) is 1.55. The zero-order chi connectivity index (χ0) is 10.8. The molecule has 1 rings (SSSR count). The van der Waals surface area contributed by atoms with Gasteiger partial charge in [-0.15, -0.1) is 12.6 Å². The average molecular weight is 229 g/mol. The van der Waals surface area contributed by atoms with E-state index < -0.39 is 0 Å². The third-order valence-electron chi connectivity index (χ3n) is 2.38. The Hall–Kier alpha value is 0.110. The van der Waals surface area contributed by atoms with Crippen LogP contribution in [0.1, 0.15) is 40.0 Å². The minimum atomic E-state index is 0.276. The van der Waals surface area contributed by atoms with E-state index in [0.717, 1.165) is 23.6 Å². The fraction of sp³-hybridized carbons (Fsp3) is 0.818. The highest BCUT2D eigenvalue weighted by Crippen LogP contribution is 2.26. The van der Waals surface area contributed by atoms with Crippen LogP contribution in [0.2, 0.25) is 0 Å². The van der Waals surface area contributed by atoms with Gasteiger partial charge in [0.1, 0.15) is 0 Å². The first-order valence-corrected chi connectivity index (χ1v) is 6.02. The van der Waals surface area contributed by atoms with Gasteiger partial charge in [0.2, 0.25) is 0 Å². The van der Waals surface area contributed by atoms with Crippen LogP contribution in [-0.2, 0) is 0 Å². The first kappa shape index (κ1) is 12.2. The molecule has 0 radical (unpaired) electrons. The summed E-state index contributed by atoms with van der Waals surface area (Å²) in [7, 11) is 0. The van der Waals surface area contributed by atoms with E-state index in [9.17, 15) is 0 Å². The molecule has 0 saturated heterocycles. The lowest BCUT2D eigenvalue weighted by Gasteiger charge is -2.16. The SMILES string of the molecule is CC(C)(C)CN=C1CCCC1C(=S)S. The Morgan fingerprint density at radius 2 is 2.21 bits per heavy atom. The highest BCUT2D eigenvalue weighted by molar-refractivity contribution is 8.11. The van der Waals surface area contributed by atoms with Crippen molar-refractivity contribution in [3.63, 3.8) is 0 Å². The van der Waals surface area contributed by atoms with Gasteiger partial charge >= 0.3 is 0 Å². The molecule has 80 valence electrons. The Balaban J connectivity index is 2.62. The van der Waals surface area contributed by atoms with E-state index in [4.69, 9.17) is 12.2 Å². The second kappa shape index (κ2) is 4.75. The van der Waals surface area contributed by atoms with E-state index in [1.165, 1.54) is 12.1 Å². The summed E-state index contributed by atoms with van der Waals surface area (Å²) in [6.07, 6.45) is 3.47. The molecular formula is C11H19NS2. The highest BCUT2D eigenvalue weighted by atomic mass is 32.1. The standard InChI is InChI=1S/C11H19NS2/c1-11(2,3)7-12-9-6-4-5-8(9)10(13)14/h8H,4-7H2,1-3H3,(H,13,14). The fourth-order valence-corrected chi connectivity index (χ4v) is 2.15. The maximum absolute atomic E-state index is 5.12. The summed E-state index contributed by atoms with van der Waals surface area (Å²) < 4.78 is 0.815. The van der Waals surface area contributed by atoms with Crippen molar-refractivity contribution in [3.8, 4) is 0 Å². The first-order valence-electron chi connectivity index (χ1n) is 5.16. The van der Waals surface area contributed by atoms with Crippen LogP contribution in [0.15, 0.2) is 4.99 Å². The monoisotopic (exact) mass is 229 g/mol. The van der Waals surface area contributed by atoms with Crippen molar-refractivity contribution in [3.05, 3.63) is 0 Å². The zero-order valence-electron chi connectivity index (χ0n) is 9.21. The first-order chi connectivity index (χ1) is 6.40. The number of thiol groups is 1. The molecule has 1 nitrogen and oxygen atoms in total. The lowest BCUT2D eigenvalue weighted by molar-refractivity contribution is 0.429. The number of aliphatic imine (C=N–C) groups is 1. The van der Waals surface area contributed by atoms with Crippen LogP contribution < -0.4 is 0 Å². The maximum Gasteiger partial charge on any atom is 0.0535 e. The predicted molar refractivity (Wildman–Crippen MR) is 70.7 cm³/mol. The molecule has 0 aromatic rings. The summed E-state index contributed by atoms with van der Waals surface area (Å²) in [6.45, 7) is 7.52. The van der Waals surface area contributed by atoms with Gasteiger partial charge in [0.15, 0.2) is 0 Å². The van der Waals surface area contributed by atoms with E-state index in [1.807, 2.05) is 0 Å². The summed E-state index contributed by atoms with van der Waals surface area (Å²) in [6, 6.07) is 0. The van der Waals surface area contributed by atoms with Gasteiger partial charge in [-0.05, 0) is 24.7 Å². The molecule has 1 fully saturated rings. The van der Waals surface area contributed by atoms with Crippen LogP contribution in [-0.4, -0.2) is 16.5 Å². The van der Waals surface area contributed by atoms with Gasteiger partial charge in [0.05, 0.1) is 4.20 Å². The van der Waals surface area contributed by atoms with Gasteiger partial charge in [0, 0.05) is 18.2 Å². The van der Waals surface area contributed by atoms with E-state index in [0.29, 0.717) is 5.92 Å². The Morgan fingerprint density at radius 3 is 2.71 bits per heavy atom. The topological polar surface area (TPSA) is 12.4 Å². The number of hydrogen-bond acceptors (Lipinski definition) is 2. The Morgan fingerprint density at radius 1 is 1.57 bits per heavy atom. The molecule has 0 aromatic heterocycles. The van der Waals surface area contributed by atoms with Gasteiger partial charge in [0.25, 0.3) is 0 Å². The van der Waals surface area contributed by atoms with Crippen LogP contribution in [0.5, 0.6) is 0 Å². The summed E-state index contributed by atoms with van der Waals surface area (Å²) >= 11 is 9.39. The molecular weight excluding hydrogens is 210 g/mol. The molecule has 1 aliphatic carbocycles. The molecule has 3 heteroatoms. The van der Waals surface area contributed by atoms with Gasteiger partial charge in [-0.2, -0.15) is 0 Å². The minimum Gasteiger partial charge on any atom is -0.293 e. The van der Waals surface area contributed by atoms with Crippen molar-refractivity contribution >= 4 is 34.8 Å². The van der Waals surface area contributed by atoms with Crippen molar-refractivity contribution in [2.24, 2.45) is 16.3 Å². The summed E-state index contributed by atoms with van der Waals surface area (Å²) in [4.78, 5) is 4.68. The van der Waals surface area contributed by atoms with Gasteiger partial charge < -0.3 is 0 Å². The molecule has 1 aliphatic rings. The van der Waals surface area contributed by atoms with Crippen LogP contribution in [0.4, 0.5) is 0 Å². The van der Waals surface area contributed by atoms with E-state index in [-0.39, 0.29) is 5.41 Å².